The van der Waals surface area contributed by atoms with E-state index in [0.717, 1.165) is 73.8 Å². The molecule has 96 heavy (non-hydrogen) atoms. The number of carbonyl (C=O) groups is 4. The van der Waals surface area contributed by atoms with Crippen LogP contribution in [0.5, 0.6) is 28.7 Å². The normalized spacial score (nSPS) is 10.1. The molecule has 520 valence electrons. The minimum Gasteiger partial charge on any atom is -0.540 e. The van der Waals surface area contributed by atoms with E-state index in [0.29, 0.717) is 6.61 Å². The molecule has 16 nitrogen and oxygen atoms in total. The Bertz CT molecular complexity index is 3610. The molecule has 0 amide bonds. The minimum absolute atomic E-state index is 0. The zero-order chi connectivity index (χ0) is 68.1. The maximum absolute atomic E-state index is 10.0. The maximum atomic E-state index is 10.0. The molecule has 20 heteroatoms. The van der Waals surface area contributed by atoms with Gasteiger partial charge in [-0.15, -0.1) is 97.1 Å². The van der Waals surface area contributed by atoms with E-state index >= 15 is 0 Å². The van der Waals surface area contributed by atoms with Gasteiger partial charge in [0.2, 0.25) is 0 Å². The van der Waals surface area contributed by atoms with Gasteiger partial charge in [0.15, 0.2) is 23.1 Å². The number of aliphatic hydroxyl groups excluding tert-OH is 4. The second kappa shape index (κ2) is 54.7. The van der Waals surface area contributed by atoms with Crippen molar-refractivity contribution < 1.29 is 143 Å². The molecule has 0 radical (unpaired) electrons. The molecular weight excluding hydrogens is 1940 g/mol. The predicted octanol–water partition coefficient (Wildman–Crippen LogP) is 17.3. The van der Waals surface area contributed by atoms with Crippen molar-refractivity contribution in [2.24, 2.45) is 0 Å². The quantitative estimate of drug-likeness (QED) is 0.0424. The van der Waals surface area contributed by atoms with Crippen molar-refractivity contribution in [3.8, 4) is 73.8 Å². The van der Waals surface area contributed by atoms with Gasteiger partial charge in [0.05, 0.1) is 42.9 Å². The number of pyridine rings is 4. The number of rotatable bonds is 15. The molecule has 9 aromatic rings. The summed E-state index contributed by atoms with van der Waals surface area (Å²) >= 11 is 0. The van der Waals surface area contributed by atoms with E-state index < -0.39 is 0 Å². The van der Waals surface area contributed by atoms with Crippen molar-refractivity contribution in [3.63, 3.8) is 0 Å². The molecule has 4 N–H and O–H groups in total. The van der Waals surface area contributed by atoms with Crippen molar-refractivity contribution in [3.05, 3.63) is 272 Å². The second-order valence-corrected chi connectivity index (χ2v) is 19.3. The van der Waals surface area contributed by atoms with E-state index in [9.17, 15) is 19.2 Å². The number of ether oxygens (including phenoxy) is 4. The van der Waals surface area contributed by atoms with Crippen LogP contribution in [-0.2, 0) is 103 Å². The van der Waals surface area contributed by atoms with Gasteiger partial charge in [-0.05, 0) is 135 Å². The van der Waals surface area contributed by atoms with Crippen molar-refractivity contribution >= 4 is 23.1 Å². The Kier molecular flexibility index (Phi) is 52.3. The standard InChI is InChI=1S/C17H12NO.C14H14NO.C13H12NO.C12H10NO.4C5H8O2.4Pt/c1-2-8-14(9-3-1)19-17-12-5-4-10-15(17)16-11-6-7-13-18-16;1-11(2)16-14-9-4-3-7-12(14)13-8-5-6-10-15-13;1-2-15-13-9-4-3-7-11(13)12-8-5-6-10-14-12;1-14-12-8-3-2-6-10(12)11-7-4-5-9-13-11;4*1-4(6)3-5(2)7;;;;/h1-9,11-13H;3-6,8-11H,1-2H3;3-6,8-10H,2H2,1H3;2-5,7-9H,1H3;4*3,6H,1-2H3;;;;/q4*-1;;;;;;;;. The van der Waals surface area contributed by atoms with Crippen LogP contribution in [-0.4, -0.2) is 83.3 Å². The Labute approximate surface area is 622 Å². The number of hydrogen-bond acceptors (Lipinski definition) is 16. The predicted molar refractivity (Wildman–Crippen MR) is 362 cm³/mol. The van der Waals surface area contributed by atoms with E-state index in [1.54, 1.807) is 31.9 Å². The summed E-state index contributed by atoms with van der Waals surface area (Å²) < 4.78 is 22.4. The Morgan fingerprint density at radius 3 is 0.948 bits per heavy atom. The average molecular weight is 2020 g/mol. The zero-order valence-corrected chi connectivity index (χ0v) is 64.3. The Balaban J connectivity index is -0.00000106. The number of para-hydroxylation sites is 1. The minimum atomic E-state index is -0.125. The van der Waals surface area contributed by atoms with Gasteiger partial charge >= 0.3 is 0 Å². The summed E-state index contributed by atoms with van der Waals surface area (Å²) in [6.45, 7) is 18.0. The topological polar surface area (TPSA) is 238 Å². The number of carbonyl (C=O) groups excluding carboxylic acids is 4. The monoisotopic (exact) mass is 2020 g/mol. The molecule has 0 bridgehead atoms. The molecule has 0 spiro atoms. The summed E-state index contributed by atoms with van der Waals surface area (Å²) in [5.41, 5.74) is 7.11. The first-order valence-electron chi connectivity index (χ1n) is 28.8. The molecule has 0 aliphatic carbocycles. The van der Waals surface area contributed by atoms with Crippen LogP contribution in [0, 0.1) is 24.3 Å². The smallest absolute Gasteiger partial charge is 0.155 e. The van der Waals surface area contributed by atoms with Crippen LogP contribution in [0.3, 0.4) is 0 Å². The number of ketones is 4. The maximum Gasteiger partial charge on any atom is 0.155 e. The fourth-order valence-electron chi connectivity index (χ4n) is 7.20. The van der Waals surface area contributed by atoms with Gasteiger partial charge in [0.1, 0.15) is 5.75 Å². The van der Waals surface area contributed by atoms with E-state index in [-0.39, 0.29) is 137 Å². The molecule has 4 aromatic heterocycles. The van der Waals surface area contributed by atoms with E-state index in [1.807, 2.05) is 197 Å². The summed E-state index contributed by atoms with van der Waals surface area (Å²) in [4.78, 5) is 57.2. The van der Waals surface area contributed by atoms with Crippen molar-refractivity contribution in [2.45, 2.75) is 82.3 Å². The van der Waals surface area contributed by atoms with Gasteiger partial charge in [-0.25, -0.2) is 0 Å². The third-order valence-corrected chi connectivity index (χ3v) is 10.5. The van der Waals surface area contributed by atoms with Gasteiger partial charge in [-0.3, -0.25) is 19.2 Å². The number of allylic oxidation sites excluding steroid dienone is 8. The van der Waals surface area contributed by atoms with Crippen LogP contribution < -0.4 is 18.9 Å². The molecular formula is C76H80N4O12Pt4-4. The second-order valence-electron chi connectivity index (χ2n) is 19.3. The molecule has 0 saturated carbocycles. The third kappa shape index (κ3) is 42.0. The number of methoxy groups -OCH3 is 1. The first-order chi connectivity index (χ1) is 44.0. The number of benzene rings is 5. The van der Waals surface area contributed by atoms with Gasteiger partial charge < -0.3 is 59.3 Å². The van der Waals surface area contributed by atoms with Gasteiger partial charge in [-0.2, -0.15) is 0 Å². The van der Waals surface area contributed by atoms with Crippen molar-refractivity contribution in [1.82, 2.24) is 19.9 Å². The first kappa shape index (κ1) is 91.7. The zero-order valence-electron chi connectivity index (χ0n) is 55.3. The van der Waals surface area contributed by atoms with Crippen molar-refractivity contribution in [2.75, 3.05) is 13.7 Å². The Morgan fingerprint density at radius 1 is 0.396 bits per heavy atom. The summed E-state index contributed by atoms with van der Waals surface area (Å²) in [6.07, 6.45) is 11.9. The van der Waals surface area contributed by atoms with Gasteiger partial charge in [0, 0.05) is 156 Å². The van der Waals surface area contributed by atoms with Crippen LogP contribution in [0.25, 0.3) is 45.0 Å². The molecule has 0 atom stereocenters. The van der Waals surface area contributed by atoms with Crippen LogP contribution in [0.4, 0.5) is 0 Å². The number of aliphatic hydroxyl groups is 4. The average Bonchev–Trinajstić information content (AvgIpc) is 0.909. The third-order valence-electron chi connectivity index (χ3n) is 10.5. The Morgan fingerprint density at radius 2 is 0.677 bits per heavy atom. The van der Waals surface area contributed by atoms with Crippen LogP contribution >= 0.6 is 0 Å². The van der Waals surface area contributed by atoms with E-state index in [2.05, 4.69) is 44.2 Å². The molecule has 0 aliphatic heterocycles. The summed E-state index contributed by atoms with van der Waals surface area (Å²) in [7, 11) is 1.65. The molecule has 0 unspecified atom stereocenters. The van der Waals surface area contributed by atoms with Crippen LogP contribution in [0.15, 0.2) is 248 Å². The SMILES string of the molecule is CC(=O)C=C(C)O.CC(=O)C=C(C)O.CC(=O)C=C(C)O.CC(=O)C=C(C)O.CC(C)Oc1ccc[c-]c1-c1ccccn1.CCOc1ccc[c-]c1-c1ccccn1.COc1ccc[c-]c1-c1ccccn1.[Pt].[Pt].[Pt].[Pt].[c-]1cccc(Oc2ccccc2)c1-c1ccccn1. The molecule has 0 fully saturated rings. The van der Waals surface area contributed by atoms with Gasteiger partial charge in [0.25, 0.3) is 0 Å². The van der Waals surface area contributed by atoms with E-state index in [1.165, 1.54) is 79.7 Å². The molecule has 0 saturated heterocycles. The molecule has 4 heterocycles. The van der Waals surface area contributed by atoms with Crippen LogP contribution in [0.2, 0.25) is 0 Å². The first-order valence-corrected chi connectivity index (χ1v) is 28.8. The largest absolute Gasteiger partial charge is 0.540 e. The fourth-order valence-corrected chi connectivity index (χ4v) is 7.20. The van der Waals surface area contributed by atoms with Crippen LogP contribution in [0.1, 0.15) is 76.2 Å². The van der Waals surface area contributed by atoms with E-state index in [4.69, 9.17) is 39.4 Å². The molecule has 5 aromatic carbocycles. The summed E-state index contributed by atoms with van der Waals surface area (Å²) in [6, 6.07) is 68.3. The molecule has 0 aliphatic rings. The van der Waals surface area contributed by atoms with Gasteiger partial charge in [-0.1, -0.05) is 89.0 Å². The number of hydrogen-bond donors (Lipinski definition) is 4. The summed E-state index contributed by atoms with van der Waals surface area (Å²) in [5.74, 6) is 3.77. The molecule has 9 rings (SSSR count). The van der Waals surface area contributed by atoms with Crippen molar-refractivity contribution in [1.29, 1.82) is 0 Å². The fraction of sp³-hybridized carbons (Fsp3) is 0.184. The number of nitrogens with zero attached hydrogens (tertiary/aromatic N) is 4. The summed E-state index contributed by atoms with van der Waals surface area (Å²) in [5, 5.41) is 33.5. The number of aromatic nitrogens is 4. The Hall–Kier alpha value is -8.51.